The zero-order valence-corrected chi connectivity index (χ0v) is 17.2. The van der Waals surface area contributed by atoms with E-state index in [9.17, 15) is 9.59 Å². The number of rotatable bonds is 8. The summed E-state index contributed by atoms with van der Waals surface area (Å²) in [4.78, 5) is 29.6. The molecule has 0 fully saturated rings. The lowest BCUT2D eigenvalue weighted by molar-refractivity contribution is -0.137. The van der Waals surface area contributed by atoms with Crippen LogP contribution in [0.2, 0.25) is 0 Å². The number of nitrogens with zero attached hydrogens (tertiary/aromatic N) is 2. The molecule has 2 amide bonds. The molecule has 0 N–H and O–H groups in total. The van der Waals surface area contributed by atoms with Crippen LogP contribution >= 0.6 is 11.3 Å². The highest BCUT2D eigenvalue weighted by atomic mass is 32.1. The molecule has 0 saturated carbocycles. The number of likely N-dealkylation sites (N-methyl/N-ethyl adjacent to an activating group) is 1. The summed E-state index contributed by atoms with van der Waals surface area (Å²) in [6.45, 7) is 2.22. The molecule has 7 heteroatoms. The fourth-order valence-electron chi connectivity index (χ4n) is 3.18. The third-order valence-electron chi connectivity index (χ3n) is 4.89. The van der Waals surface area contributed by atoms with Gasteiger partial charge in [0.15, 0.2) is 11.5 Å². The van der Waals surface area contributed by atoms with Crippen LogP contribution in [0.4, 0.5) is 0 Å². The van der Waals surface area contributed by atoms with Gasteiger partial charge in [-0.05, 0) is 35.6 Å². The molecule has 3 rings (SSSR count). The van der Waals surface area contributed by atoms with Gasteiger partial charge in [0.05, 0.1) is 13.7 Å². The summed E-state index contributed by atoms with van der Waals surface area (Å²) < 4.78 is 10.9. The molecular weight excluding hydrogens is 376 g/mol. The molecule has 1 aliphatic rings. The molecule has 1 aliphatic heterocycles. The minimum atomic E-state index is -0.0507. The lowest BCUT2D eigenvalue weighted by Gasteiger charge is -2.27. The molecule has 0 atom stereocenters. The van der Waals surface area contributed by atoms with E-state index in [-0.39, 0.29) is 24.7 Å². The molecule has 0 unspecified atom stereocenters. The Balaban J connectivity index is 1.39. The van der Waals surface area contributed by atoms with E-state index in [1.165, 1.54) is 10.4 Å². The smallest absolute Gasteiger partial charge is 0.223 e. The summed E-state index contributed by atoms with van der Waals surface area (Å²) >= 11 is 1.75. The third kappa shape index (κ3) is 5.04. The predicted molar refractivity (Wildman–Crippen MR) is 109 cm³/mol. The zero-order valence-electron chi connectivity index (χ0n) is 16.3. The lowest BCUT2D eigenvalue weighted by atomic mass is 10.1. The third-order valence-corrected chi connectivity index (χ3v) is 5.92. The molecule has 0 spiro atoms. The van der Waals surface area contributed by atoms with E-state index in [1.807, 2.05) is 29.2 Å². The van der Waals surface area contributed by atoms with Gasteiger partial charge in [0.25, 0.3) is 0 Å². The number of hydrogen-bond donors (Lipinski definition) is 0. The van der Waals surface area contributed by atoms with Crippen LogP contribution in [0, 0.1) is 0 Å². The summed E-state index contributed by atoms with van der Waals surface area (Å²) in [7, 11) is 3.33. The number of para-hydroxylation sites is 2. The fraction of sp³-hybridized carbons (Fsp3) is 0.429. The van der Waals surface area contributed by atoms with Crippen molar-refractivity contribution < 1.29 is 19.1 Å². The summed E-state index contributed by atoms with van der Waals surface area (Å²) in [5.74, 6) is 1.31. The number of carbonyl (C=O) groups is 2. The standard InChI is InChI=1S/C21H26N2O4S/c1-22(12-13-27-18-6-4-3-5-17(18)26-2)20(24)7-8-21(25)23-11-9-19-16(15-23)10-14-28-19/h3-6,10,14H,7-9,11-13,15H2,1-2H3. The molecule has 0 aliphatic carbocycles. The minimum Gasteiger partial charge on any atom is -0.493 e. The summed E-state index contributed by atoms with van der Waals surface area (Å²) in [6, 6.07) is 9.49. The van der Waals surface area contributed by atoms with Crippen LogP contribution in [0.25, 0.3) is 0 Å². The minimum absolute atomic E-state index is 0.0453. The predicted octanol–water partition coefficient (Wildman–Crippen LogP) is 2.96. The maximum Gasteiger partial charge on any atom is 0.223 e. The monoisotopic (exact) mass is 402 g/mol. The second-order valence-electron chi connectivity index (χ2n) is 6.75. The molecule has 6 nitrogen and oxygen atoms in total. The van der Waals surface area contributed by atoms with Gasteiger partial charge < -0.3 is 19.3 Å². The second-order valence-corrected chi connectivity index (χ2v) is 7.75. The van der Waals surface area contributed by atoms with Gasteiger partial charge in [-0.25, -0.2) is 0 Å². The SMILES string of the molecule is COc1ccccc1OCCN(C)C(=O)CCC(=O)N1CCc2sccc2C1. The molecule has 150 valence electrons. The largest absolute Gasteiger partial charge is 0.493 e. The molecule has 1 aromatic heterocycles. The number of thiophene rings is 1. The Morgan fingerprint density at radius 2 is 1.96 bits per heavy atom. The molecule has 28 heavy (non-hydrogen) atoms. The first-order chi connectivity index (χ1) is 13.6. The van der Waals surface area contributed by atoms with E-state index in [4.69, 9.17) is 9.47 Å². The van der Waals surface area contributed by atoms with E-state index in [0.29, 0.717) is 31.2 Å². The van der Waals surface area contributed by atoms with Gasteiger partial charge in [0.1, 0.15) is 6.61 Å². The number of carbonyl (C=O) groups excluding carboxylic acids is 2. The van der Waals surface area contributed by atoms with Gasteiger partial charge in [-0.15, -0.1) is 11.3 Å². The van der Waals surface area contributed by atoms with Crippen LogP contribution in [0.3, 0.4) is 0 Å². The van der Waals surface area contributed by atoms with Crippen molar-refractivity contribution >= 4 is 23.2 Å². The Bertz CT molecular complexity index is 820. The fourth-order valence-corrected chi connectivity index (χ4v) is 4.07. The number of amides is 2. The van der Waals surface area contributed by atoms with E-state index in [1.54, 1.807) is 30.4 Å². The van der Waals surface area contributed by atoms with Crippen molar-refractivity contribution in [1.29, 1.82) is 0 Å². The van der Waals surface area contributed by atoms with Crippen molar-refractivity contribution in [3.8, 4) is 11.5 Å². The molecule has 2 aromatic rings. The highest BCUT2D eigenvalue weighted by molar-refractivity contribution is 7.10. The molecule has 0 bridgehead atoms. The quantitative estimate of drug-likeness (QED) is 0.681. The molecule has 0 radical (unpaired) electrons. The molecule has 0 saturated heterocycles. The average molecular weight is 403 g/mol. The summed E-state index contributed by atoms with van der Waals surface area (Å²) in [5.41, 5.74) is 1.24. The first kappa shape index (κ1) is 20.2. The first-order valence-electron chi connectivity index (χ1n) is 9.41. The molecule has 2 heterocycles. The molecular formula is C21H26N2O4S. The summed E-state index contributed by atoms with van der Waals surface area (Å²) in [5, 5.41) is 2.07. The van der Waals surface area contributed by atoms with E-state index in [2.05, 4.69) is 11.4 Å². The number of benzene rings is 1. The molecule has 1 aromatic carbocycles. The Kier molecular flexibility index (Phi) is 6.92. The summed E-state index contributed by atoms with van der Waals surface area (Å²) in [6.07, 6.45) is 1.37. The number of fused-ring (bicyclic) bond motifs is 1. The van der Waals surface area contributed by atoms with Crippen molar-refractivity contribution in [2.75, 3.05) is 33.9 Å². The first-order valence-corrected chi connectivity index (χ1v) is 10.3. The van der Waals surface area contributed by atoms with Gasteiger partial charge >= 0.3 is 0 Å². The van der Waals surface area contributed by atoms with Crippen LogP contribution in [-0.4, -0.2) is 55.5 Å². The van der Waals surface area contributed by atoms with Crippen LogP contribution in [-0.2, 0) is 22.6 Å². The van der Waals surface area contributed by atoms with Crippen molar-refractivity contribution in [1.82, 2.24) is 9.80 Å². The van der Waals surface area contributed by atoms with Gasteiger partial charge in [-0.1, -0.05) is 12.1 Å². The van der Waals surface area contributed by atoms with Crippen LogP contribution in [0.5, 0.6) is 11.5 Å². The van der Waals surface area contributed by atoms with Crippen LogP contribution in [0.1, 0.15) is 23.3 Å². The maximum absolute atomic E-state index is 12.4. The van der Waals surface area contributed by atoms with Gasteiger partial charge in [0, 0.05) is 37.9 Å². The van der Waals surface area contributed by atoms with Crippen molar-refractivity contribution in [3.63, 3.8) is 0 Å². The van der Waals surface area contributed by atoms with Crippen LogP contribution in [0.15, 0.2) is 35.7 Å². The Hall–Kier alpha value is -2.54. The number of methoxy groups -OCH3 is 1. The second kappa shape index (κ2) is 9.59. The normalized spacial score (nSPS) is 13.0. The van der Waals surface area contributed by atoms with Crippen molar-refractivity contribution in [2.24, 2.45) is 0 Å². The van der Waals surface area contributed by atoms with Crippen LogP contribution < -0.4 is 9.47 Å². The lowest BCUT2D eigenvalue weighted by Crippen LogP contribution is -2.36. The number of ether oxygens (including phenoxy) is 2. The Morgan fingerprint density at radius 1 is 1.18 bits per heavy atom. The van der Waals surface area contributed by atoms with Gasteiger partial charge in [0.2, 0.25) is 11.8 Å². The van der Waals surface area contributed by atoms with Gasteiger partial charge in [-0.3, -0.25) is 9.59 Å². The van der Waals surface area contributed by atoms with E-state index >= 15 is 0 Å². The highest BCUT2D eigenvalue weighted by Gasteiger charge is 2.22. The zero-order chi connectivity index (χ0) is 19.9. The Labute approximate surface area is 169 Å². The average Bonchev–Trinajstić information content (AvgIpc) is 3.19. The number of hydrogen-bond acceptors (Lipinski definition) is 5. The van der Waals surface area contributed by atoms with Crippen molar-refractivity contribution in [3.05, 3.63) is 46.2 Å². The van der Waals surface area contributed by atoms with Crippen molar-refractivity contribution in [2.45, 2.75) is 25.8 Å². The Morgan fingerprint density at radius 3 is 2.75 bits per heavy atom. The maximum atomic E-state index is 12.4. The van der Waals surface area contributed by atoms with E-state index < -0.39 is 0 Å². The topological polar surface area (TPSA) is 59.1 Å². The highest BCUT2D eigenvalue weighted by Crippen LogP contribution is 2.26. The van der Waals surface area contributed by atoms with E-state index in [0.717, 1.165) is 13.0 Å². The van der Waals surface area contributed by atoms with Gasteiger partial charge in [-0.2, -0.15) is 0 Å².